The number of hydrogen-bond donors (Lipinski definition) is 3. The number of anilines is 1. The predicted molar refractivity (Wildman–Crippen MR) is 119 cm³/mol. The molecule has 162 valence electrons. The second-order valence-corrected chi connectivity index (χ2v) is 7.41. The SMILES string of the molecule is CCN(CC)CCOc1cccc(-c2cnc(N)c(C(=O)N[C@H]3CCCNC3)n2)c1. The van der Waals surface area contributed by atoms with Crippen molar-refractivity contribution in [1.29, 1.82) is 0 Å². The molecule has 0 spiro atoms. The van der Waals surface area contributed by atoms with Crippen LogP contribution in [0.4, 0.5) is 5.82 Å². The number of aromatic nitrogens is 2. The molecule has 1 saturated heterocycles. The van der Waals surface area contributed by atoms with Gasteiger partial charge in [0, 0.05) is 24.7 Å². The summed E-state index contributed by atoms with van der Waals surface area (Å²) < 4.78 is 5.90. The highest BCUT2D eigenvalue weighted by atomic mass is 16.5. The fourth-order valence-electron chi connectivity index (χ4n) is 3.51. The zero-order chi connectivity index (χ0) is 21.3. The van der Waals surface area contributed by atoms with Crippen molar-refractivity contribution in [3.05, 3.63) is 36.2 Å². The number of nitrogens with two attached hydrogens (primary N) is 1. The van der Waals surface area contributed by atoms with Crippen molar-refractivity contribution in [2.24, 2.45) is 0 Å². The molecule has 0 bridgehead atoms. The first kappa shape index (κ1) is 22.0. The molecule has 1 aliphatic rings. The molecule has 2 aromatic rings. The molecule has 1 fully saturated rings. The third-order valence-corrected chi connectivity index (χ3v) is 5.35. The third kappa shape index (κ3) is 5.90. The van der Waals surface area contributed by atoms with Gasteiger partial charge in [-0.2, -0.15) is 0 Å². The number of likely N-dealkylation sites (N-methyl/N-ethyl adjacent to an activating group) is 1. The number of nitrogens with zero attached hydrogens (tertiary/aromatic N) is 3. The normalized spacial score (nSPS) is 16.4. The van der Waals surface area contributed by atoms with E-state index in [2.05, 4.69) is 39.3 Å². The Morgan fingerprint density at radius 3 is 2.93 bits per heavy atom. The molecule has 1 aliphatic heterocycles. The molecule has 8 heteroatoms. The molecule has 0 radical (unpaired) electrons. The minimum atomic E-state index is -0.290. The van der Waals surface area contributed by atoms with Crippen LogP contribution in [0.2, 0.25) is 0 Å². The first-order valence-corrected chi connectivity index (χ1v) is 10.7. The summed E-state index contributed by atoms with van der Waals surface area (Å²) in [7, 11) is 0. The lowest BCUT2D eigenvalue weighted by Crippen LogP contribution is -2.46. The highest BCUT2D eigenvalue weighted by Crippen LogP contribution is 2.23. The van der Waals surface area contributed by atoms with E-state index < -0.39 is 0 Å². The Hall–Kier alpha value is -2.71. The molecule has 2 heterocycles. The smallest absolute Gasteiger partial charge is 0.274 e. The van der Waals surface area contributed by atoms with Crippen LogP contribution in [0.3, 0.4) is 0 Å². The van der Waals surface area contributed by atoms with Crippen LogP contribution >= 0.6 is 0 Å². The van der Waals surface area contributed by atoms with Gasteiger partial charge in [0.2, 0.25) is 0 Å². The van der Waals surface area contributed by atoms with Crippen molar-refractivity contribution in [3.8, 4) is 17.0 Å². The van der Waals surface area contributed by atoms with Gasteiger partial charge in [-0.25, -0.2) is 9.97 Å². The van der Waals surface area contributed by atoms with Gasteiger partial charge in [0.1, 0.15) is 12.4 Å². The Morgan fingerprint density at radius 1 is 1.37 bits per heavy atom. The van der Waals surface area contributed by atoms with Gasteiger partial charge in [-0.15, -0.1) is 0 Å². The number of nitrogen functional groups attached to an aromatic ring is 1. The average Bonchev–Trinajstić information content (AvgIpc) is 2.78. The van der Waals surface area contributed by atoms with Crippen molar-refractivity contribution >= 4 is 11.7 Å². The summed E-state index contributed by atoms with van der Waals surface area (Å²) in [6.07, 6.45) is 3.56. The summed E-state index contributed by atoms with van der Waals surface area (Å²) >= 11 is 0. The van der Waals surface area contributed by atoms with E-state index in [0.717, 1.165) is 56.9 Å². The molecule has 1 amide bonds. The first-order valence-electron chi connectivity index (χ1n) is 10.7. The van der Waals surface area contributed by atoms with Crippen molar-refractivity contribution < 1.29 is 9.53 Å². The largest absolute Gasteiger partial charge is 0.492 e. The molecule has 1 aromatic heterocycles. The van der Waals surface area contributed by atoms with E-state index in [9.17, 15) is 4.79 Å². The molecule has 0 unspecified atom stereocenters. The minimum Gasteiger partial charge on any atom is -0.492 e. The second-order valence-electron chi connectivity index (χ2n) is 7.41. The van der Waals surface area contributed by atoms with Gasteiger partial charge in [0.25, 0.3) is 5.91 Å². The van der Waals surface area contributed by atoms with Crippen molar-refractivity contribution in [1.82, 2.24) is 25.5 Å². The summed E-state index contributed by atoms with van der Waals surface area (Å²) in [6, 6.07) is 7.74. The molecule has 30 heavy (non-hydrogen) atoms. The van der Waals surface area contributed by atoms with Crippen molar-refractivity contribution in [2.75, 3.05) is 45.1 Å². The second kappa shape index (κ2) is 10.9. The van der Waals surface area contributed by atoms with Gasteiger partial charge in [0.05, 0.1) is 11.9 Å². The van der Waals surface area contributed by atoms with E-state index in [1.54, 1.807) is 6.20 Å². The van der Waals surface area contributed by atoms with Crippen LogP contribution in [0.5, 0.6) is 5.75 Å². The van der Waals surface area contributed by atoms with Crippen molar-refractivity contribution in [3.63, 3.8) is 0 Å². The molecular weight excluding hydrogens is 380 g/mol. The quantitative estimate of drug-likeness (QED) is 0.578. The van der Waals surface area contributed by atoms with Crippen LogP contribution in [-0.4, -0.2) is 66.1 Å². The fraction of sp³-hybridized carbons (Fsp3) is 0.500. The summed E-state index contributed by atoms with van der Waals surface area (Å²) in [5, 5.41) is 6.28. The van der Waals surface area contributed by atoms with Crippen molar-refractivity contribution in [2.45, 2.75) is 32.7 Å². The Labute approximate surface area is 178 Å². The van der Waals surface area contributed by atoms with Crippen LogP contribution in [0.1, 0.15) is 37.2 Å². The Balaban J connectivity index is 1.69. The van der Waals surface area contributed by atoms with Crippen LogP contribution in [0.25, 0.3) is 11.3 Å². The molecule has 0 saturated carbocycles. The predicted octanol–water partition coefficient (Wildman–Crippen LogP) is 1.93. The topological polar surface area (TPSA) is 105 Å². The maximum absolute atomic E-state index is 12.7. The number of amides is 1. The molecule has 1 aromatic carbocycles. The van der Waals surface area contributed by atoms with Gasteiger partial charge in [-0.05, 0) is 44.6 Å². The van der Waals surface area contributed by atoms with Gasteiger partial charge in [-0.1, -0.05) is 26.0 Å². The average molecular weight is 413 g/mol. The standard InChI is InChI=1S/C22H32N6O2/c1-3-28(4-2)11-12-30-18-9-5-7-16(13-18)19-15-25-21(23)20(27-19)22(29)26-17-8-6-10-24-14-17/h5,7,9,13,15,17,24H,3-4,6,8,10-12,14H2,1-2H3,(H2,23,25)(H,26,29)/t17-/m0/s1. The van der Waals surface area contributed by atoms with E-state index >= 15 is 0 Å². The van der Waals surface area contributed by atoms with E-state index in [1.165, 1.54) is 0 Å². The highest BCUT2D eigenvalue weighted by molar-refractivity contribution is 5.97. The molecular formula is C22H32N6O2. The number of rotatable bonds is 9. The first-order chi connectivity index (χ1) is 14.6. The monoisotopic (exact) mass is 412 g/mol. The zero-order valence-electron chi connectivity index (χ0n) is 17.9. The molecule has 8 nitrogen and oxygen atoms in total. The number of piperidine rings is 1. The Morgan fingerprint density at radius 2 is 2.20 bits per heavy atom. The van der Waals surface area contributed by atoms with Gasteiger partial charge in [-0.3, -0.25) is 4.79 Å². The number of carbonyl (C=O) groups excluding carboxylic acids is 1. The summed E-state index contributed by atoms with van der Waals surface area (Å²) in [5.41, 5.74) is 7.52. The highest BCUT2D eigenvalue weighted by Gasteiger charge is 2.20. The maximum Gasteiger partial charge on any atom is 0.274 e. The summed E-state index contributed by atoms with van der Waals surface area (Å²) in [4.78, 5) is 23.7. The van der Waals surface area contributed by atoms with Gasteiger partial charge >= 0.3 is 0 Å². The van der Waals surface area contributed by atoms with Crippen LogP contribution < -0.4 is 21.1 Å². The number of ether oxygens (including phenoxy) is 1. The molecule has 1 atom stereocenters. The Kier molecular flexibility index (Phi) is 7.98. The van der Waals surface area contributed by atoms with Crippen LogP contribution in [0.15, 0.2) is 30.5 Å². The minimum absolute atomic E-state index is 0.0821. The van der Waals surface area contributed by atoms with Crippen LogP contribution in [-0.2, 0) is 0 Å². The van der Waals surface area contributed by atoms with E-state index in [0.29, 0.717) is 12.3 Å². The summed E-state index contributed by atoms with van der Waals surface area (Å²) in [5.74, 6) is 0.603. The molecule has 0 aliphatic carbocycles. The maximum atomic E-state index is 12.7. The van der Waals surface area contributed by atoms with Gasteiger partial charge in [0.15, 0.2) is 11.5 Å². The van der Waals surface area contributed by atoms with Gasteiger partial charge < -0.3 is 26.0 Å². The zero-order valence-corrected chi connectivity index (χ0v) is 17.9. The Bertz CT molecular complexity index is 834. The lowest BCUT2D eigenvalue weighted by atomic mass is 10.1. The van der Waals surface area contributed by atoms with E-state index in [4.69, 9.17) is 10.5 Å². The third-order valence-electron chi connectivity index (χ3n) is 5.35. The lowest BCUT2D eigenvalue weighted by Gasteiger charge is -2.23. The number of benzene rings is 1. The number of hydrogen-bond acceptors (Lipinski definition) is 7. The van der Waals surface area contributed by atoms with Crippen LogP contribution in [0, 0.1) is 0 Å². The molecule has 3 rings (SSSR count). The number of nitrogens with one attached hydrogen (secondary N) is 2. The van der Waals surface area contributed by atoms with E-state index in [-0.39, 0.29) is 23.5 Å². The fourth-order valence-corrected chi connectivity index (χ4v) is 3.51. The molecule has 4 N–H and O–H groups in total. The summed E-state index contributed by atoms with van der Waals surface area (Å²) in [6.45, 7) is 9.51. The number of carbonyl (C=O) groups is 1. The lowest BCUT2D eigenvalue weighted by molar-refractivity contribution is 0.0926. The van der Waals surface area contributed by atoms with E-state index in [1.807, 2.05) is 24.3 Å².